The Bertz CT molecular complexity index is 879. The zero-order valence-corrected chi connectivity index (χ0v) is 15.6. The Hall–Kier alpha value is -2.96. The summed E-state index contributed by atoms with van der Waals surface area (Å²) in [5.41, 5.74) is -5.32. The van der Waals surface area contributed by atoms with Gasteiger partial charge < -0.3 is 24.8 Å². The molecule has 1 aliphatic heterocycles. The monoisotopic (exact) mass is 442 g/mol. The number of aliphatic hydroxyl groups is 1. The number of rotatable bonds is 6. The summed E-state index contributed by atoms with van der Waals surface area (Å²) in [6, 6.07) is 0.203. The van der Waals surface area contributed by atoms with Crippen molar-refractivity contribution in [3.63, 3.8) is 0 Å². The second kappa shape index (κ2) is 8.42. The van der Waals surface area contributed by atoms with E-state index in [0.29, 0.717) is 6.07 Å². The third kappa shape index (κ3) is 4.61. The number of benzene rings is 1. The Morgan fingerprint density at radius 2 is 1.80 bits per heavy atom. The molecule has 1 heterocycles. The number of amides is 1. The van der Waals surface area contributed by atoms with Crippen LogP contribution in [0.4, 0.5) is 32.0 Å². The van der Waals surface area contributed by atoms with E-state index in [4.69, 9.17) is 9.84 Å². The number of β-amino-alcohol motifs (C(OH)–C–C–N with tert-alkyl or cyclic N) is 1. The van der Waals surface area contributed by atoms with Crippen molar-refractivity contribution in [2.24, 2.45) is 0 Å². The van der Waals surface area contributed by atoms with E-state index in [1.54, 1.807) is 0 Å². The molecule has 0 fully saturated rings. The standard InChI is InChI=1S/C17H16F6N2O5/c1-29-11-6-8(16(18,19)20)5-10(17(21,22)23)13(11)24-12-9(15(28)30-2)7-25(3-4-26)14(12)27/h5-6,24,26H,3-4,7H2,1-2H3. The van der Waals surface area contributed by atoms with E-state index >= 15 is 0 Å². The first-order valence-corrected chi connectivity index (χ1v) is 8.20. The molecular formula is C17H16F6N2O5. The molecule has 2 N–H and O–H groups in total. The van der Waals surface area contributed by atoms with Gasteiger partial charge in [-0.3, -0.25) is 4.79 Å². The summed E-state index contributed by atoms with van der Waals surface area (Å²) in [5.74, 6) is -2.83. The van der Waals surface area contributed by atoms with E-state index in [9.17, 15) is 35.9 Å². The van der Waals surface area contributed by atoms with Crippen LogP contribution >= 0.6 is 0 Å². The van der Waals surface area contributed by atoms with E-state index in [1.165, 1.54) is 0 Å². The van der Waals surface area contributed by atoms with Gasteiger partial charge in [-0.25, -0.2) is 4.79 Å². The molecule has 30 heavy (non-hydrogen) atoms. The lowest BCUT2D eigenvalue weighted by Crippen LogP contribution is -2.31. The Balaban J connectivity index is 2.67. The van der Waals surface area contributed by atoms with Gasteiger partial charge in [-0.2, -0.15) is 26.3 Å². The predicted octanol–water partition coefficient (Wildman–Crippen LogP) is 2.41. The topological polar surface area (TPSA) is 88.1 Å². The van der Waals surface area contributed by atoms with E-state index < -0.39 is 59.1 Å². The number of halogens is 6. The first-order chi connectivity index (χ1) is 13.8. The first kappa shape index (κ1) is 23.3. The number of carbonyl (C=O) groups excluding carboxylic acids is 2. The normalized spacial score (nSPS) is 15.0. The van der Waals surface area contributed by atoms with Gasteiger partial charge in [0.1, 0.15) is 11.4 Å². The average molecular weight is 442 g/mol. The van der Waals surface area contributed by atoms with Crippen LogP contribution in [-0.2, 0) is 26.7 Å². The van der Waals surface area contributed by atoms with Gasteiger partial charge in [-0.05, 0) is 12.1 Å². The molecule has 0 aromatic heterocycles. The van der Waals surface area contributed by atoms with Crippen LogP contribution < -0.4 is 10.1 Å². The molecule has 0 spiro atoms. The van der Waals surface area contributed by atoms with E-state index in [2.05, 4.69) is 10.1 Å². The first-order valence-electron chi connectivity index (χ1n) is 8.20. The minimum Gasteiger partial charge on any atom is -0.495 e. The molecule has 1 aromatic carbocycles. The average Bonchev–Trinajstić information content (AvgIpc) is 2.95. The lowest BCUT2D eigenvalue weighted by Gasteiger charge is -2.21. The summed E-state index contributed by atoms with van der Waals surface area (Å²) in [7, 11) is 1.83. The molecule has 0 saturated carbocycles. The van der Waals surface area contributed by atoms with Crippen LogP contribution in [0.1, 0.15) is 11.1 Å². The van der Waals surface area contributed by atoms with Crippen molar-refractivity contribution in [1.29, 1.82) is 0 Å². The van der Waals surface area contributed by atoms with Gasteiger partial charge in [0.25, 0.3) is 5.91 Å². The fraction of sp³-hybridized carbons (Fsp3) is 0.412. The fourth-order valence-corrected chi connectivity index (χ4v) is 2.77. The van der Waals surface area contributed by atoms with E-state index in [1.807, 2.05) is 0 Å². The molecule has 13 heteroatoms. The highest BCUT2D eigenvalue weighted by Gasteiger charge is 2.42. The van der Waals surface area contributed by atoms with Crippen LogP contribution in [0.15, 0.2) is 23.4 Å². The van der Waals surface area contributed by atoms with Gasteiger partial charge in [0.05, 0.1) is 49.8 Å². The van der Waals surface area contributed by atoms with Crippen LogP contribution in [0.3, 0.4) is 0 Å². The van der Waals surface area contributed by atoms with Crippen molar-refractivity contribution in [1.82, 2.24) is 4.90 Å². The van der Waals surface area contributed by atoms with Gasteiger partial charge >= 0.3 is 18.3 Å². The second-order valence-corrected chi connectivity index (χ2v) is 6.02. The molecule has 1 aromatic rings. The number of aliphatic hydroxyl groups excluding tert-OH is 1. The maximum Gasteiger partial charge on any atom is 0.418 e. The molecule has 7 nitrogen and oxygen atoms in total. The molecule has 166 valence electrons. The second-order valence-electron chi connectivity index (χ2n) is 6.02. The van der Waals surface area contributed by atoms with Crippen LogP contribution in [-0.4, -0.2) is 55.8 Å². The maximum absolute atomic E-state index is 13.5. The molecule has 2 rings (SSSR count). The fourth-order valence-electron chi connectivity index (χ4n) is 2.77. The Morgan fingerprint density at radius 3 is 2.27 bits per heavy atom. The number of esters is 1. The number of methoxy groups -OCH3 is 2. The highest BCUT2D eigenvalue weighted by molar-refractivity contribution is 6.08. The Morgan fingerprint density at radius 1 is 1.17 bits per heavy atom. The van der Waals surface area contributed by atoms with Gasteiger partial charge in [-0.15, -0.1) is 0 Å². The van der Waals surface area contributed by atoms with Gasteiger partial charge in [0.2, 0.25) is 0 Å². The number of nitrogens with one attached hydrogen (secondary N) is 1. The number of alkyl halides is 6. The summed E-state index contributed by atoms with van der Waals surface area (Å²) in [6.07, 6.45) is -10.3. The smallest absolute Gasteiger partial charge is 0.418 e. The zero-order chi connectivity index (χ0) is 22.9. The van der Waals surface area contributed by atoms with Crippen LogP contribution in [0, 0.1) is 0 Å². The SMILES string of the molecule is COC(=O)C1=C(Nc2c(OC)cc(C(F)(F)F)cc2C(F)(F)F)C(=O)N(CCO)C1. The van der Waals surface area contributed by atoms with Crippen LogP contribution in [0.5, 0.6) is 5.75 Å². The third-order valence-corrected chi connectivity index (χ3v) is 4.16. The van der Waals surface area contributed by atoms with E-state index in [0.717, 1.165) is 19.1 Å². The van der Waals surface area contributed by atoms with Crippen LogP contribution in [0.2, 0.25) is 0 Å². The molecule has 0 aliphatic carbocycles. The molecule has 1 aliphatic rings. The number of nitrogens with zero attached hydrogens (tertiary/aromatic N) is 1. The lowest BCUT2D eigenvalue weighted by atomic mass is 10.1. The molecule has 0 bridgehead atoms. The van der Waals surface area contributed by atoms with E-state index in [-0.39, 0.29) is 24.7 Å². The van der Waals surface area contributed by atoms with Crippen molar-refractivity contribution < 1.29 is 50.5 Å². The highest BCUT2D eigenvalue weighted by Crippen LogP contribution is 2.45. The molecule has 0 radical (unpaired) electrons. The highest BCUT2D eigenvalue weighted by atomic mass is 19.4. The summed E-state index contributed by atoms with van der Waals surface area (Å²) < 4.78 is 88.8. The zero-order valence-electron chi connectivity index (χ0n) is 15.6. The largest absolute Gasteiger partial charge is 0.495 e. The van der Waals surface area contributed by atoms with Crippen molar-refractivity contribution in [2.75, 3.05) is 39.2 Å². The van der Waals surface area contributed by atoms with Gasteiger partial charge in [0, 0.05) is 6.54 Å². The molecule has 0 unspecified atom stereocenters. The summed E-state index contributed by atoms with van der Waals surface area (Å²) >= 11 is 0. The van der Waals surface area contributed by atoms with Crippen molar-refractivity contribution in [2.45, 2.75) is 12.4 Å². The molecule has 0 atom stereocenters. The van der Waals surface area contributed by atoms with Crippen molar-refractivity contribution >= 4 is 17.6 Å². The number of carbonyl (C=O) groups is 2. The summed E-state index contributed by atoms with van der Waals surface area (Å²) in [6.45, 7) is -1.11. The summed E-state index contributed by atoms with van der Waals surface area (Å²) in [4.78, 5) is 25.4. The minimum absolute atomic E-state index is 0.131. The Labute approximate surface area is 165 Å². The lowest BCUT2D eigenvalue weighted by molar-refractivity contribution is -0.143. The van der Waals surface area contributed by atoms with Gasteiger partial charge in [0.15, 0.2) is 0 Å². The molecule has 0 saturated heterocycles. The van der Waals surface area contributed by atoms with Crippen molar-refractivity contribution in [3.05, 3.63) is 34.5 Å². The van der Waals surface area contributed by atoms with Crippen LogP contribution in [0.25, 0.3) is 0 Å². The minimum atomic E-state index is -5.25. The predicted molar refractivity (Wildman–Crippen MR) is 89.3 cm³/mol. The van der Waals surface area contributed by atoms with Gasteiger partial charge in [-0.1, -0.05) is 0 Å². The number of anilines is 1. The molecular weight excluding hydrogens is 426 g/mol. The number of hydrogen-bond donors (Lipinski definition) is 2. The maximum atomic E-state index is 13.5. The number of hydrogen-bond acceptors (Lipinski definition) is 6. The summed E-state index contributed by atoms with van der Waals surface area (Å²) in [5, 5.41) is 11.1. The van der Waals surface area contributed by atoms with Crippen molar-refractivity contribution in [3.8, 4) is 5.75 Å². The quantitative estimate of drug-likeness (QED) is 0.520. The Kier molecular flexibility index (Phi) is 6.54. The molecule has 1 amide bonds. The third-order valence-electron chi connectivity index (χ3n) is 4.16. The number of ether oxygens (including phenoxy) is 2.